The molecule has 0 atom stereocenters. The van der Waals surface area contributed by atoms with Gasteiger partial charge in [0.05, 0.1) is 0 Å². The van der Waals surface area contributed by atoms with Crippen LogP contribution in [0.5, 0.6) is 0 Å². The maximum Gasteiger partial charge on any atom is 0.0464 e. The van der Waals surface area contributed by atoms with Gasteiger partial charge in [-0.3, -0.25) is 14.1 Å². The van der Waals surface area contributed by atoms with Gasteiger partial charge in [0.25, 0.3) is 0 Å². The summed E-state index contributed by atoms with van der Waals surface area (Å²) < 4.78 is 0. The molecule has 0 saturated heterocycles. The van der Waals surface area contributed by atoms with Crippen molar-refractivity contribution in [2.45, 2.75) is 0 Å². The SMILES string of the molecule is F.F.F.[P]=S. The van der Waals surface area contributed by atoms with Crippen LogP contribution < -0.4 is 0 Å². The molecule has 0 aliphatic rings. The summed E-state index contributed by atoms with van der Waals surface area (Å²) in [7, 11) is 3.11. The Morgan fingerprint density at radius 1 is 0.800 bits per heavy atom. The molecule has 5 heavy (non-hydrogen) atoms. The lowest BCUT2D eigenvalue weighted by Gasteiger charge is -0.709. The van der Waals surface area contributed by atoms with E-state index in [0.717, 1.165) is 0 Å². The zero-order valence-electron chi connectivity index (χ0n) is 2.08. The van der Waals surface area contributed by atoms with Gasteiger partial charge in [0.1, 0.15) is 0 Å². The fraction of sp³-hybridized carbons (Fsp3) is 0. The summed E-state index contributed by atoms with van der Waals surface area (Å²) in [6.45, 7) is 0. The molecule has 0 aromatic heterocycles. The fourth-order valence-corrected chi connectivity index (χ4v) is 0. The van der Waals surface area contributed by atoms with Crippen molar-refractivity contribution in [1.29, 1.82) is 0 Å². The molecule has 0 spiro atoms. The van der Waals surface area contributed by atoms with Crippen molar-refractivity contribution in [3.8, 4) is 0 Å². The Hall–Kier alpha value is 0.310. The molecule has 0 aromatic rings. The molecule has 0 rings (SSSR count). The largest absolute Gasteiger partial charge is 0.269 e. The second kappa shape index (κ2) is 491. The van der Waals surface area contributed by atoms with Crippen LogP contribution in [0.15, 0.2) is 0 Å². The van der Waals surface area contributed by atoms with Gasteiger partial charge in [-0.2, -0.15) is 0 Å². The normalized spacial score (nSPS) is 0.800. The molecule has 35 valence electrons. The van der Waals surface area contributed by atoms with Crippen LogP contribution in [0.25, 0.3) is 0 Å². The minimum atomic E-state index is 0. The highest BCUT2D eigenvalue weighted by molar-refractivity contribution is 7.88. The van der Waals surface area contributed by atoms with E-state index in [9.17, 15) is 0 Å². The second-order valence-electron chi connectivity index (χ2n) is 0. The van der Waals surface area contributed by atoms with Gasteiger partial charge >= 0.3 is 0 Å². The number of hydrogen-bond donors (Lipinski definition) is 0. The molecule has 0 unspecified atom stereocenters. The Morgan fingerprint density at radius 3 is 0.800 bits per heavy atom. The number of halogens is 3. The predicted molar refractivity (Wildman–Crippen MR) is 21.8 cm³/mol. The van der Waals surface area contributed by atoms with Crippen LogP contribution in [0.2, 0.25) is 0 Å². The zero-order chi connectivity index (χ0) is 2.00. The topological polar surface area (TPSA) is 0 Å². The molecule has 0 bridgehead atoms. The molecular weight excluding hydrogens is 120 g/mol. The molecule has 0 amide bonds. The molecule has 5 heteroatoms. The first kappa shape index (κ1) is 57.5. The minimum absolute atomic E-state index is 0. The Kier molecular flexibility index (Phi) is 5650. The van der Waals surface area contributed by atoms with Crippen molar-refractivity contribution in [2.24, 2.45) is 0 Å². The van der Waals surface area contributed by atoms with Crippen LogP contribution >= 0.6 is 8.02 Å². The highest BCUT2D eigenvalue weighted by atomic mass is 32.4. The minimum Gasteiger partial charge on any atom is -0.269 e. The lowest BCUT2D eigenvalue weighted by molar-refractivity contribution is 1.11. The third kappa shape index (κ3) is 239. The Labute approximate surface area is 34.9 Å². The molecule has 0 saturated carbocycles. The van der Waals surface area contributed by atoms with E-state index in [1.165, 1.54) is 0 Å². The van der Waals surface area contributed by atoms with E-state index in [0.29, 0.717) is 0 Å². The summed E-state index contributed by atoms with van der Waals surface area (Å²) >= 11 is 3.78. The smallest absolute Gasteiger partial charge is 0.0464 e. The zero-order valence-corrected chi connectivity index (χ0v) is 3.79. The molecule has 0 heterocycles. The van der Waals surface area contributed by atoms with Crippen LogP contribution in [0.4, 0.5) is 14.1 Å². The van der Waals surface area contributed by atoms with E-state index in [1.54, 1.807) is 0 Å². The van der Waals surface area contributed by atoms with Crippen LogP contribution in [-0.4, -0.2) is 0 Å². The van der Waals surface area contributed by atoms with Crippen molar-refractivity contribution >= 4 is 19.8 Å². The Morgan fingerprint density at radius 2 is 0.800 bits per heavy atom. The molecular formula is H3F3PS. The quantitative estimate of drug-likeness (QED) is 0.437. The summed E-state index contributed by atoms with van der Waals surface area (Å²) in [4.78, 5) is 0. The first-order valence-electron chi connectivity index (χ1n) is 0.183. The van der Waals surface area contributed by atoms with Gasteiger partial charge in [0, 0.05) is 8.02 Å². The van der Waals surface area contributed by atoms with Crippen LogP contribution in [-0.2, 0) is 11.8 Å². The highest BCUT2D eigenvalue weighted by Gasteiger charge is 0.709. The maximum atomic E-state index is 3.78. The summed E-state index contributed by atoms with van der Waals surface area (Å²) in [5, 5.41) is 0. The van der Waals surface area contributed by atoms with Gasteiger partial charge in [-0.25, -0.2) is 0 Å². The van der Waals surface area contributed by atoms with Gasteiger partial charge in [0.2, 0.25) is 0 Å². The maximum absolute atomic E-state index is 3.78. The van der Waals surface area contributed by atoms with E-state index in [4.69, 9.17) is 0 Å². The third-order valence-corrected chi connectivity index (χ3v) is 0. The fourth-order valence-electron chi connectivity index (χ4n) is 0. The average molecular weight is 123 g/mol. The van der Waals surface area contributed by atoms with Gasteiger partial charge in [-0.15, -0.1) is 0 Å². The monoisotopic (exact) mass is 123 g/mol. The van der Waals surface area contributed by atoms with Gasteiger partial charge in [0.15, 0.2) is 0 Å². The first-order chi connectivity index (χ1) is 1.00. The number of hydrogen-bond acceptors (Lipinski definition) is 1. The molecule has 0 nitrogen and oxygen atoms in total. The van der Waals surface area contributed by atoms with E-state index in [2.05, 4.69) is 19.8 Å². The van der Waals surface area contributed by atoms with E-state index < -0.39 is 0 Å². The van der Waals surface area contributed by atoms with Gasteiger partial charge in [-0.05, 0) is 11.8 Å². The summed E-state index contributed by atoms with van der Waals surface area (Å²) in [6.07, 6.45) is 0. The van der Waals surface area contributed by atoms with E-state index in [1.807, 2.05) is 0 Å². The van der Waals surface area contributed by atoms with E-state index in [-0.39, 0.29) is 14.1 Å². The first-order valence-corrected chi connectivity index (χ1v) is 1.64. The molecule has 0 aliphatic heterocycles. The third-order valence-electron chi connectivity index (χ3n) is 0. The summed E-state index contributed by atoms with van der Waals surface area (Å²) in [5.74, 6) is 0. The lowest BCUT2D eigenvalue weighted by atomic mass is 19.0. The molecule has 0 fully saturated rings. The Bertz CT molecular complexity index is 6.85. The average Bonchev–Trinajstić information content (AvgIpc) is 1.00. The second-order valence-corrected chi connectivity index (χ2v) is 0. The molecule has 0 aliphatic carbocycles. The summed E-state index contributed by atoms with van der Waals surface area (Å²) in [5.41, 5.74) is 0. The van der Waals surface area contributed by atoms with Crippen molar-refractivity contribution in [3.63, 3.8) is 0 Å². The van der Waals surface area contributed by atoms with Crippen LogP contribution in [0, 0.1) is 0 Å². The van der Waals surface area contributed by atoms with Crippen molar-refractivity contribution in [3.05, 3.63) is 0 Å². The van der Waals surface area contributed by atoms with Gasteiger partial charge in [-0.1, -0.05) is 0 Å². The van der Waals surface area contributed by atoms with Crippen LogP contribution in [0.1, 0.15) is 0 Å². The van der Waals surface area contributed by atoms with Crippen molar-refractivity contribution in [2.75, 3.05) is 0 Å². The Balaban J connectivity index is -0.00000000167. The summed E-state index contributed by atoms with van der Waals surface area (Å²) in [6, 6.07) is 0. The predicted octanol–water partition coefficient (Wildman–Crippen LogP) is 1.32. The van der Waals surface area contributed by atoms with Crippen LogP contribution in [0.3, 0.4) is 0 Å². The number of rotatable bonds is 0. The highest BCUT2D eigenvalue weighted by Crippen LogP contribution is 1.26. The molecule has 1 radical (unpaired) electrons. The molecule has 0 N–H and O–H groups in total. The van der Waals surface area contributed by atoms with E-state index >= 15 is 0 Å². The van der Waals surface area contributed by atoms with Gasteiger partial charge < -0.3 is 0 Å². The lowest BCUT2D eigenvalue weighted by Crippen LogP contribution is -0.399. The van der Waals surface area contributed by atoms with Crippen molar-refractivity contribution < 1.29 is 14.1 Å². The standard InChI is InChI=1S/3FH.PS/c;;;1-2/h3*1H;. The van der Waals surface area contributed by atoms with Crippen molar-refractivity contribution in [1.82, 2.24) is 0 Å². The molecule has 0 aromatic carbocycles.